The Bertz CT molecular complexity index is 679. The second kappa shape index (κ2) is 8.55. The van der Waals surface area contributed by atoms with Crippen molar-refractivity contribution in [2.24, 2.45) is 0 Å². The first-order chi connectivity index (χ1) is 11.5. The molecule has 2 aromatic rings. The Hall–Kier alpha value is -2.27. The van der Waals surface area contributed by atoms with Gasteiger partial charge in [-0.15, -0.1) is 0 Å². The number of carbonyl (C=O) groups is 1. The lowest BCUT2D eigenvalue weighted by Gasteiger charge is -2.18. The molecular weight excluding hydrogens is 310 g/mol. The summed E-state index contributed by atoms with van der Waals surface area (Å²) in [4.78, 5) is 13.6. The van der Waals surface area contributed by atoms with Crippen LogP contribution in [0.25, 0.3) is 0 Å². The zero-order valence-electron chi connectivity index (χ0n) is 14.0. The Morgan fingerprint density at radius 1 is 1.00 bits per heavy atom. The quantitative estimate of drug-likeness (QED) is 0.801. The van der Waals surface area contributed by atoms with Gasteiger partial charge in [0.1, 0.15) is 18.2 Å². The van der Waals surface area contributed by atoms with Crippen LogP contribution in [0.1, 0.15) is 35.3 Å². The molecule has 3 nitrogen and oxygen atoms in total. The Labute approximate surface area is 141 Å². The third kappa shape index (κ3) is 4.86. The van der Waals surface area contributed by atoms with Gasteiger partial charge in [-0.3, -0.25) is 4.79 Å². The van der Waals surface area contributed by atoms with E-state index < -0.39 is 17.5 Å². The molecule has 0 aliphatic rings. The van der Waals surface area contributed by atoms with E-state index >= 15 is 0 Å². The number of amides is 1. The van der Waals surface area contributed by atoms with Gasteiger partial charge in [-0.2, -0.15) is 0 Å². The first-order valence-corrected chi connectivity index (χ1v) is 8.18. The molecule has 2 rings (SSSR count). The number of hydrogen-bond donors (Lipinski definition) is 2. The fraction of sp³-hybridized carbons (Fsp3) is 0.316. The molecular formula is C19H23F2N2O+. The molecule has 0 bridgehead atoms. The molecule has 0 aliphatic carbocycles. The first-order valence-electron chi connectivity index (χ1n) is 8.18. The Balaban J connectivity index is 2.07. The average Bonchev–Trinajstić information content (AvgIpc) is 2.57. The van der Waals surface area contributed by atoms with Crippen LogP contribution in [-0.4, -0.2) is 19.0 Å². The summed E-state index contributed by atoms with van der Waals surface area (Å²) < 4.78 is 26.4. The molecule has 5 heteroatoms. The third-order valence-corrected chi connectivity index (χ3v) is 4.12. The van der Waals surface area contributed by atoms with E-state index in [-0.39, 0.29) is 5.56 Å². The monoisotopic (exact) mass is 333 g/mol. The zero-order chi connectivity index (χ0) is 17.5. The Morgan fingerprint density at radius 3 is 2.17 bits per heavy atom. The minimum atomic E-state index is -0.759. The van der Waals surface area contributed by atoms with Gasteiger partial charge in [0.25, 0.3) is 5.91 Å². The predicted molar refractivity (Wildman–Crippen MR) is 89.7 cm³/mol. The van der Waals surface area contributed by atoms with E-state index in [9.17, 15) is 13.6 Å². The SMILES string of the molecule is CC[NH+](CC)Cc1ccccc1CNC(=O)c1cc(F)cc(F)c1. The molecule has 0 heterocycles. The van der Waals surface area contributed by atoms with Crippen LogP contribution in [0.15, 0.2) is 42.5 Å². The van der Waals surface area contributed by atoms with Gasteiger partial charge >= 0.3 is 0 Å². The Kier molecular flexibility index (Phi) is 6.44. The second-order valence-corrected chi connectivity index (χ2v) is 5.74. The fourth-order valence-corrected chi connectivity index (χ4v) is 2.63. The smallest absolute Gasteiger partial charge is 0.251 e. The van der Waals surface area contributed by atoms with E-state index in [1.165, 1.54) is 10.5 Å². The summed E-state index contributed by atoms with van der Waals surface area (Å²) in [6, 6.07) is 10.7. The molecule has 0 saturated heterocycles. The van der Waals surface area contributed by atoms with Gasteiger partial charge in [-0.05, 0) is 31.5 Å². The molecule has 0 fully saturated rings. The van der Waals surface area contributed by atoms with E-state index in [4.69, 9.17) is 0 Å². The number of benzene rings is 2. The van der Waals surface area contributed by atoms with Crippen LogP contribution in [0.5, 0.6) is 0 Å². The van der Waals surface area contributed by atoms with E-state index in [2.05, 4.69) is 25.2 Å². The van der Waals surface area contributed by atoms with Gasteiger partial charge < -0.3 is 10.2 Å². The van der Waals surface area contributed by atoms with Gasteiger partial charge in [0.2, 0.25) is 0 Å². The first kappa shape index (κ1) is 18.1. The highest BCUT2D eigenvalue weighted by Gasteiger charge is 2.12. The third-order valence-electron chi connectivity index (χ3n) is 4.12. The fourth-order valence-electron chi connectivity index (χ4n) is 2.63. The lowest BCUT2D eigenvalue weighted by Crippen LogP contribution is -3.10. The lowest BCUT2D eigenvalue weighted by atomic mass is 10.1. The summed E-state index contributed by atoms with van der Waals surface area (Å²) >= 11 is 0. The molecule has 0 spiro atoms. The van der Waals surface area contributed by atoms with E-state index in [1.54, 1.807) is 0 Å². The van der Waals surface area contributed by atoms with Gasteiger partial charge in [0.15, 0.2) is 0 Å². The molecule has 0 saturated carbocycles. The zero-order valence-corrected chi connectivity index (χ0v) is 14.0. The standard InChI is InChI=1S/C19H22F2N2O/c1-3-23(4-2)13-15-8-6-5-7-14(15)12-22-19(24)16-9-17(20)11-18(21)10-16/h5-11H,3-4,12-13H2,1-2H3,(H,22,24)/p+1. The number of rotatable bonds is 7. The van der Waals surface area contributed by atoms with Gasteiger partial charge in [-0.25, -0.2) is 8.78 Å². The van der Waals surface area contributed by atoms with Crippen molar-refractivity contribution >= 4 is 5.91 Å². The number of hydrogen-bond acceptors (Lipinski definition) is 1. The van der Waals surface area contributed by atoms with Crippen molar-refractivity contribution in [1.82, 2.24) is 5.32 Å². The minimum absolute atomic E-state index is 0.0145. The summed E-state index contributed by atoms with van der Waals surface area (Å²) in [6.07, 6.45) is 0. The maximum Gasteiger partial charge on any atom is 0.251 e. The molecule has 128 valence electrons. The minimum Gasteiger partial charge on any atom is -0.348 e. The van der Waals surface area contributed by atoms with Crippen LogP contribution in [0, 0.1) is 11.6 Å². The normalized spacial score (nSPS) is 10.9. The van der Waals surface area contributed by atoms with Crippen molar-refractivity contribution in [3.63, 3.8) is 0 Å². The topological polar surface area (TPSA) is 33.5 Å². The maximum absolute atomic E-state index is 13.2. The second-order valence-electron chi connectivity index (χ2n) is 5.74. The van der Waals surface area contributed by atoms with E-state index in [0.29, 0.717) is 6.54 Å². The molecule has 2 aromatic carbocycles. The summed E-state index contributed by atoms with van der Waals surface area (Å²) in [5.41, 5.74) is 2.17. The van der Waals surface area contributed by atoms with Gasteiger partial charge in [-0.1, -0.05) is 24.3 Å². The van der Waals surface area contributed by atoms with E-state index in [0.717, 1.165) is 43.4 Å². The molecule has 0 aromatic heterocycles. The molecule has 0 unspecified atom stereocenters. The summed E-state index contributed by atoms with van der Waals surface area (Å²) in [7, 11) is 0. The van der Waals surface area contributed by atoms with Crippen molar-refractivity contribution in [2.45, 2.75) is 26.9 Å². The molecule has 24 heavy (non-hydrogen) atoms. The average molecular weight is 333 g/mol. The van der Waals surface area contributed by atoms with E-state index in [1.807, 2.05) is 18.2 Å². The van der Waals surface area contributed by atoms with Crippen molar-refractivity contribution in [3.05, 3.63) is 70.8 Å². The molecule has 0 aliphatic heterocycles. The molecule has 0 radical (unpaired) electrons. The predicted octanol–water partition coefficient (Wildman–Crippen LogP) is 2.32. The summed E-state index contributed by atoms with van der Waals surface area (Å²) in [5.74, 6) is -2.00. The van der Waals surface area contributed by atoms with Crippen LogP contribution >= 0.6 is 0 Å². The Morgan fingerprint density at radius 2 is 1.58 bits per heavy atom. The number of halogens is 2. The lowest BCUT2D eigenvalue weighted by molar-refractivity contribution is -0.910. The van der Waals surface area contributed by atoms with Crippen LogP contribution in [0.3, 0.4) is 0 Å². The number of carbonyl (C=O) groups excluding carboxylic acids is 1. The van der Waals surface area contributed by atoms with Crippen molar-refractivity contribution in [2.75, 3.05) is 13.1 Å². The highest BCUT2D eigenvalue weighted by atomic mass is 19.1. The number of quaternary nitrogens is 1. The number of nitrogens with one attached hydrogen (secondary N) is 2. The molecule has 0 atom stereocenters. The van der Waals surface area contributed by atoms with Crippen LogP contribution in [0.4, 0.5) is 8.78 Å². The van der Waals surface area contributed by atoms with Crippen molar-refractivity contribution < 1.29 is 18.5 Å². The highest BCUT2D eigenvalue weighted by Crippen LogP contribution is 2.10. The van der Waals surface area contributed by atoms with Gasteiger partial charge in [0, 0.05) is 23.7 Å². The molecule has 1 amide bonds. The molecule has 2 N–H and O–H groups in total. The van der Waals surface area contributed by atoms with Crippen molar-refractivity contribution in [3.8, 4) is 0 Å². The van der Waals surface area contributed by atoms with Crippen LogP contribution < -0.4 is 10.2 Å². The highest BCUT2D eigenvalue weighted by molar-refractivity contribution is 5.94. The summed E-state index contributed by atoms with van der Waals surface area (Å²) in [5, 5.41) is 2.74. The largest absolute Gasteiger partial charge is 0.348 e. The maximum atomic E-state index is 13.2. The van der Waals surface area contributed by atoms with Gasteiger partial charge in [0.05, 0.1) is 13.1 Å². The van der Waals surface area contributed by atoms with Crippen LogP contribution in [-0.2, 0) is 13.1 Å². The summed E-state index contributed by atoms with van der Waals surface area (Å²) in [6.45, 7) is 7.55. The van der Waals surface area contributed by atoms with Crippen molar-refractivity contribution in [1.29, 1.82) is 0 Å². The van der Waals surface area contributed by atoms with Crippen LogP contribution in [0.2, 0.25) is 0 Å².